The van der Waals surface area contributed by atoms with Crippen molar-refractivity contribution in [1.29, 1.82) is 0 Å². The van der Waals surface area contributed by atoms with E-state index in [1.165, 1.54) is 6.39 Å². The van der Waals surface area contributed by atoms with E-state index in [2.05, 4.69) is 15.6 Å². The van der Waals surface area contributed by atoms with Crippen molar-refractivity contribution in [3.05, 3.63) is 17.8 Å². The van der Waals surface area contributed by atoms with Gasteiger partial charge in [0.15, 0.2) is 12.1 Å². The van der Waals surface area contributed by atoms with E-state index >= 15 is 0 Å². The molecule has 0 radical (unpaired) electrons. The smallest absolute Gasteiger partial charge is 0.273 e. The van der Waals surface area contributed by atoms with Crippen molar-refractivity contribution in [3.63, 3.8) is 0 Å². The number of piperidine rings is 1. The maximum Gasteiger partial charge on any atom is 0.273 e. The maximum atomic E-state index is 11.7. The number of oxazole rings is 1. The van der Waals surface area contributed by atoms with Crippen LogP contribution in [0.5, 0.6) is 0 Å². The lowest BCUT2D eigenvalue weighted by Crippen LogP contribution is -2.42. The lowest BCUT2D eigenvalue weighted by atomic mass is 10.1. The first-order chi connectivity index (χ1) is 7.27. The molecule has 0 atom stereocenters. The van der Waals surface area contributed by atoms with E-state index in [9.17, 15) is 4.79 Å². The first kappa shape index (κ1) is 13.0. The van der Waals surface area contributed by atoms with Crippen molar-refractivity contribution < 1.29 is 9.21 Å². The fraction of sp³-hybridized carbons (Fsp3) is 0.600. The Kier molecular flexibility index (Phi) is 4.76. The number of halogens is 1. The first-order valence-electron chi connectivity index (χ1n) is 5.19. The Bertz CT molecular complexity index is 348. The number of nitrogens with zero attached hydrogens (tertiary/aromatic N) is 1. The van der Waals surface area contributed by atoms with Gasteiger partial charge in [0, 0.05) is 6.04 Å². The normalized spacial score (nSPS) is 16.6. The number of amides is 1. The molecule has 16 heavy (non-hydrogen) atoms. The lowest BCUT2D eigenvalue weighted by Gasteiger charge is -2.23. The van der Waals surface area contributed by atoms with E-state index < -0.39 is 0 Å². The summed E-state index contributed by atoms with van der Waals surface area (Å²) in [6.45, 7) is 3.66. The number of carbonyl (C=O) groups is 1. The first-order valence-corrected chi connectivity index (χ1v) is 5.19. The van der Waals surface area contributed by atoms with Crippen LogP contribution in [0.1, 0.15) is 29.1 Å². The zero-order chi connectivity index (χ0) is 10.7. The molecule has 0 saturated carbocycles. The second-order valence-corrected chi connectivity index (χ2v) is 3.75. The highest BCUT2D eigenvalue weighted by Crippen LogP contribution is 2.07. The van der Waals surface area contributed by atoms with Crippen LogP contribution in [0.25, 0.3) is 0 Å². The lowest BCUT2D eigenvalue weighted by molar-refractivity contribution is 0.0923. The molecular weight excluding hydrogens is 230 g/mol. The van der Waals surface area contributed by atoms with E-state index in [1.54, 1.807) is 6.92 Å². The van der Waals surface area contributed by atoms with Crippen LogP contribution in [0.3, 0.4) is 0 Å². The van der Waals surface area contributed by atoms with Crippen LogP contribution in [-0.2, 0) is 0 Å². The van der Waals surface area contributed by atoms with Crippen LogP contribution in [0.15, 0.2) is 10.8 Å². The van der Waals surface area contributed by atoms with E-state index in [1.807, 2.05) is 0 Å². The summed E-state index contributed by atoms with van der Waals surface area (Å²) in [4.78, 5) is 15.6. The van der Waals surface area contributed by atoms with Gasteiger partial charge in [-0.1, -0.05) is 0 Å². The van der Waals surface area contributed by atoms with Gasteiger partial charge in [-0.05, 0) is 32.9 Å². The van der Waals surface area contributed by atoms with Crippen LogP contribution >= 0.6 is 12.4 Å². The fourth-order valence-corrected chi connectivity index (χ4v) is 1.74. The largest absolute Gasteiger partial charge is 0.448 e. The third-order valence-electron chi connectivity index (χ3n) is 2.63. The molecule has 2 rings (SSSR count). The second-order valence-electron chi connectivity index (χ2n) is 3.75. The highest BCUT2D eigenvalue weighted by Gasteiger charge is 2.19. The minimum Gasteiger partial charge on any atom is -0.448 e. The monoisotopic (exact) mass is 245 g/mol. The second kappa shape index (κ2) is 5.86. The SMILES string of the molecule is Cc1ocnc1C(=O)NC1CCNCC1.Cl. The van der Waals surface area contributed by atoms with Gasteiger partial charge in [0.05, 0.1) is 0 Å². The Morgan fingerprint density at radius 2 is 2.25 bits per heavy atom. The van der Waals surface area contributed by atoms with Gasteiger partial charge in [-0.2, -0.15) is 0 Å². The van der Waals surface area contributed by atoms with E-state index in [4.69, 9.17) is 4.42 Å². The predicted molar refractivity (Wildman–Crippen MR) is 61.8 cm³/mol. The molecule has 0 unspecified atom stereocenters. The average Bonchev–Trinajstić information content (AvgIpc) is 2.66. The maximum absolute atomic E-state index is 11.7. The molecule has 0 aromatic carbocycles. The zero-order valence-corrected chi connectivity index (χ0v) is 9.97. The number of aryl methyl sites for hydroxylation is 1. The Morgan fingerprint density at radius 3 is 2.81 bits per heavy atom. The fourth-order valence-electron chi connectivity index (χ4n) is 1.74. The van der Waals surface area contributed by atoms with Crippen molar-refractivity contribution in [2.75, 3.05) is 13.1 Å². The minimum atomic E-state index is -0.131. The Balaban J connectivity index is 0.00000128. The van der Waals surface area contributed by atoms with Crippen LogP contribution in [0, 0.1) is 6.92 Å². The molecule has 1 saturated heterocycles. The van der Waals surface area contributed by atoms with Crippen molar-refractivity contribution in [2.24, 2.45) is 0 Å². The van der Waals surface area contributed by atoms with Gasteiger partial charge < -0.3 is 15.1 Å². The van der Waals surface area contributed by atoms with Gasteiger partial charge in [-0.25, -0.2) is 4.98 Å². The minimum absolute atomic E-state index is 0. The van der Waals surface area contributed by atoms with Crippen molar-refractivity contribution in [2.45, 2.75) is 25.8 Å². The molecular formula is C10H16ClN3O2. The molecule has 2 N–H and O–H groups in total. The zero-order valence-electron chi connectivity index (χ0n) is 9.16. The van der Waals surface area contributed by atoms with E-state index in [-0.39, 0.29) is 24.4 Å². The standard InChI is InChI=1S/C10H15N3O2.ClH/c1-7-9(12-6-15-7)10(14)13-8-2-4-11-5-3-8;/h6,8,11H,2-5H2,1H3,(H,13,14);1H. The highest BCUT2D eigenvalue weighted by molar-refractivity contribution is 5.93. The molecule has 1 aliphatic rings. The Labute approximate surface area is 100 Å². The van der Waals surface area contributed by atoms with Gasteiger partial charge in [0.1, 0.15) is 5.76 Å². The molecule has 1 aromatic rings. The molecule has 0 bridgehead atoms. The summed E-state index contributed by atoms with van der Waals surface area (Å²) in [6.07, 6.45) is 3.25. The Morgan fingerprint density at radius 1 is 1.56 bits per heavy atom. The number of hydrogen-bond donors (Lipinski definition) is 2. The summed E-state index contributed by atoms with van der Waals surface area (Å²) in [7, 11) is 0. The number of rotatable bonds is 2. The molecule has 0 spiro atoms. The summed E-state index contributed by atoms with van der Waals surface area (Å²) in [5, 5.41) is 6.21. The quantitative estimate of drug-likeness (QED) is 0.812. The van der Waals surface area contributed by atoms with Gasteiger partial charge in [-0.3, -0.25) is 4.79 Å². The predicted octanol–water partition coefficient (Wildman–Crippen LogP) is 0.887. The van der Waals surface area contributed by atoms with Gasteiger partial charge in [0.25, 0.3) is 5.91 Å². The van der Waals surface area contributed by atoms with Crippen LogP contribution in [0.4, 0.5) is 0 Å². The van der Waals surface area contributed by atoms with Crippen LogP contribution in [-0.4, -0.2) is 30.0 Å². The molecule has 1 aromatic heterocycles. The van der Waals surface area contributed by atoms with Crippen molar-refractivity contribution in [1.82, 2.24) is 15.6 Å². The van der Waals surface area contributed by atoms with Crippen molar-refractivity contribution in [3.8, 4) is 0 Å². The summed E-state index contributed by atoms with van der Waals surface area (Å²) in [5.41, 5.74) is 0.397. The highest BCUT2D eigenvalue weighted by atomic mass is 35.5. The van der Waals surface area contributed by atoms with E-state index in [0.29, 0.717) is 11.5 Å². The number of carbonyl (C=O) groups excluding carboxylic acids is 1. The number of nitrogens with one attached hydrogen (secondary N) is 2. The molecule has 1 fully saturated rings. The molecule has 90 valence electrons. The summed E-state index contributed by atoms with van der Waals surface area (Å²) < 4.78 is 4.99. The third-order valence-corrected chi connectivity index (χ3v) is 2.63. The van der Waals surface area contributed by atoms with Gasteiger partial charge in [0.2, 0.25) is 0 Å². The Hall–Kier alpha value is -1.07. The van der Waals surface area contributed by atoms with Crippen LogP contribution < -0.4 is 10.6 Å². The summed E-state index contributed by atoms with van der Waals surface area (Å²) in [6, 6.07) is 0.259. The van der Waals surface area contributed by atoms with E-state index in [0.717, 1.165) is 25.9 Å². The van der Waals surface area contributed by atoms with Crippen LogP contribution in [0.2, 0.25) is 0 Å². The molecule has 6 heteroatoms. The van der Waals surface area contributed by atoms with Crippen molar-refractivity contribution >= 4 is 18.3 Å². The topological polar surface area (TPSA) is 67.2 Å². The van der Waals surface area contributed by atoms with Gasteiger partial charge >= 0.3 is 0 Å². The molecule has 1 amide bonds. The molecule has 0 aliphatic carbocycles. The number of aromatic nitrogens is 1. The average molecular weight is 246 g/mol. The summed E-state index contributed by atoms with van der Waals surface area (Å²) in [5.74, 6) is 0.439. The molecule has 2 heterocycles. The van der Waals surface area contributed by atoms with Gasteiger partial charge in [-0.15, -0.1) is 12.4 Å². The molecule has 1 aliphatic heterocycles. The number of hydrogen-bond acceptors (Lipinski definition) is 4. The summed E-state index contributed by atoms with van der Waals surface area (Å²) >= 11 is 0. The molecule has 5 nitrogen and oxygen atoms in total. The third kappa shape index (κ3) is 2.96.